The Balaban J connectivity index is 1.19. The van der Waals surface area contributed by atoms with Crippen LogP contribution in [0.5, 0.6) is 0 Å². The Bertz CT molecular complexity index is 1880. The first-order valence-electron chi connectivity index (χ1n) is 14.1. The standard InChI is InChI=1S/C33H29FN6O/c34-24-9-4-8-21(13-24)26-10-5-11-29-27(26)16-30(38-29)32-28-15-23(18-36-33(28)40-39-32)22-14-25(19-35-17-22)37-31(41)12-20-6-2-1-3-7-20/h4-5,8-11,13-20,38H,1-3,6-7,12H2,(H,37,41)(H,36,39,40). The van der Waals surface area contributed by atoms with E-state index < -0.39 is 0 Å². The number of aromatic amines is 2. The lowest BCUT2D eigenvalue weighted by Crippen LogP contribution is -2.18. The average molecular weight is 545 g/mol. The maximum absolute atomic E-state index is 14.0. The molecule has 1 saturated carbocycles. The van der Waals surface area contributed by atoms with Gasteiger partial charge in [0.15, 0.2) is 5.65 Å². The van der Waals surface area contributed by atoms with Gasteiger partial charge < -0.3 is 10.3 Å². The Hall–Kier alpha value is -4.85. The third-order valence-corrected chi connectivity index (χ3v) is 8.03. The highest BCUT2D eigenvalue weighted by Crippen LogP contribution is 2.35. The van der Waals surface area contributed by atoms with E-state index >= 15 is 0 Å². The predicted octanol–water partition coefficient (Wildman–Crippen LogP) is 7.88. The van der Waals surface area contributed by atoms with Gasteiger partial charge in [0.2, 0.25) is 5.91 Å². The number of amides is 1. The fraction of sp³-hybridized carbons (Fsp3) is 0.212. The molecule has 6 aromatic rings. The highest BCUT2D eigenvalue weighted by Gasteiger charge is 2.18. The Morgan fingerprint density at radius 3 is 2.63 bits per heavy atom. The number of halogens is 1. The zero-order valence-electron chi connectivity index (χ0n) is 22.5. The van der Waals surface area contributed by atoms with E-state index in [-0.39, 0.29) is 11.7 Å². The molecule has 0 saturated heterocycles. The number of fused-ring (bicyclic) bond motifs is 2. The summed E-state index contributed by atoms with van der Waals surface area (Å²) in [5.74, 6) is 0.244. The van der Waals surface area contributed by atoms with E-state index in [1.807, 2.05) is 42.5 Å². The van der Waals surface area contributed by atoms with Crippen molar-refractivity contribution >= 4 is 33.5 Å². The molecular formula is C33H29FN6O. The molecule has 8 heteroatoms. The van der Waals surface area contributed by atoms with Crippen molar-refractivity contribution in [1.82, 2.24) is 25.1 Å². The zero-order valence-corrected chi connectivity index (χ0v) is 22.5. The molecule has 0 radical (unpaired) electrons. The van der Waals surface area contributed by atoms with Gasteiger partial charge in [0.25, 0.3) is 0 Å². The summed E-state index contributed by atoms with van der Waals surface area (Å²) in [5, 5.41) is 12.5. The first-order chi connectivity index (χ1) is 20.1. The van der Waals surface area contributed by atoms with Crippen LogP contribution in [-0.4, -0.2) is 31.1 Å². The molecule has 0 bridgehead atoms. The minimum absolute atomic E-state index is 0.0398. The number of nitrogens with zero attached hydrogens (tertiary/aromatic N) is 3. The third kappa shape index (κ3) is 5.09. The minimum atomic E-state index is -0.269. The lowest BCUT2D eigenvalue weighted by atomic mass is 9.87. The number of nitrogens with one attached hydrogen (secondary N) is 3. The maximum Gasteiger partial charge on any atom is 0.224 e. The summed E-state index contributed by atoms with van der Waals surface area (Å²) in [6, 6.07) is 18.6. The second-order valence-corrected chi connectivity index (χ2v) is 10.9. The summed E-state index contributed by atoms with van der Waals surface area (Å²) in [5.41, 5.74) is 7.32. The second-order valence-electron chi connectivity index (χ2n) is 10.9. The van der Waals surface area contributed by atoms with Crippen LogP contribution >= 0.6 is 0 Å². The molecule has 3 N–H and O–H groups in total. The normalized spacial score (nSPS) is 14.1. The average Bonchev–Trinajstić information content (AvgIpc) is 3.61. The van der Waals surface area contributed by atoms with Gasteiger partial charge in [-0.15, -0.1) is 0 Å². The molecule has 2 aromatic carbocycles. The fourth-order valence-electron chi connectivity index (χ4n) is 5.99. The molecule has 0 aliphatic heterocycles. The Morgan fingerprint density at radius 2 is 1.76 bits per heavy atom. The number of carbonyl (C=O) groups is 1. The summed E-state index contributed by atoms with van der Waals surface area (Å²) in [4.78, 5) is 25.2. The first kappa shape index (κ1) is 25.1. The van der Waals surface area contributed by atoms with Crippen LogP contribution in [0.1, 0.15) is 38.5 Å². The van der Waals surface area contributed by atoms with Crippen molar-refractivity contribution in [2.45, 2.75) is 38.5 Å². The van der Waals surface area contributed by atoms with E-state index in [1.165, 1.54) is 25.3 Å². The Labute approximate surface area is 236 Å². The van der Waals surface area contributed by atoms with E-state index in [4.69, 9.17) is 0 Å². The number of rotatable bonds is 6. The highest BCUT2D eigenvalue weighted by atomic mass is 19.1. The molecule has 1 amide bonds. The van der Waals surface area contributed by atoms with Crippen molar-refractivity contribution in [1.29, 1.82) is 0 Å². The summed E-state index contributed by atoms with van der Waals surface area (Å²) >= 11 is 0. The highest BCUT2D eigenvalue weighted by molar-refractivity contribution is 6.01. The van der Waals surface area contributed by atoms with Gasteiger partial charge >= 0.3 is 0 Å². The number of pyridine rings is 2. The molecule has 0 atom stereocenters. The second kappa shape index (κ2) is 10.6. The van der Waals surface area contributed by atoms with Crippen molar-refractivity contribution in [2.75, 3.05) is 5.32 Å². The van der Waals surface area contributed by atoms with E-state index in [0.717, 1.165) is 62.8 Å². The molecule has 1 aliphatic rings. The van der Waals surface area contributed by atoms with Crippen LogP contribution in [0.15, 0.2) is 79.3 Å². The quantitative estimate of drug-likeness (QED) is 0.199. The van der Waals surface area contributed by atoms with Crippen LogP contribution in [0, 0.1) is 11.7 Å². The van der Waals surface area contributed by atoms with Crippen LogP contribution in [0.2, 0.25) is 0 Å². The monoisotopic (exact) mass is 544 g/mol. The molecule has 1 fully saturated rings. The minimum Gasteiger partial charge on any atom is -0.353 e. The molecule has 4 heterocycles. The predicted molar refractivity (Wildman–Crippen MR) is 160 cm³/mol. The lowest BCUT2D eigenvalue weighted by molar-refractivity contribution is -0.117. The van der Waals surface area contributed by atoms with Gasteiger partial charge in [0.1, 0.15) is 11.5 Å². The summed E-state index contributed by atoms with van der Waals surface area (Å²) < 4.78 is 14.0. The number of benzene rings is 2. The summed E-state index contributed by atoms with van der Waals surface area (Å²) in [6.45, 7) is 0. The van der Waals surface area contributed by atoms with Crippen LogP contribution in [0.4, 0.5) is 10.1 Å². The molecule has 0 spiro atoms. The van der Waals surface area contributed by atoms with E-state index in [2.05, 4.69) is 30.5 Å². The van der Waals surface area contributed by atoms with Gasteiger partial charge in [-0.25, -0.2) is 9.37 Å². The molecule has 4 aromatic heterocycles. The van der Waals surface area contributed by atoms with Gasteiger partial charge in [-0.05, 0) is 66.3 Å². The van der Waals surface area contributed by atoms with Gasteiger partial charge in [0, 0.05) is 46.2 Å². The topological polar surface area (TPSA) is 99.3 Å². The van der Waals surface area contributed by atoms with Crippen LogP contribution in [0.25, 0.3) is 55.6 Å². The molecule has 7 rings (SSSR count). The molecule has 41 heavy (non-hydrogen) atoms. The molecular weight excluding hydrogens is 515 g/mol. The number of carbonyl (C=O) groups excluding carboxylic acids is 1. The number of aromatic nitrogens is 5. The summed E-state index contributed by atoms with van der Waals surface area (Å²) in [7, 11) is 0. The Kier molecular flexibility index (Phi) is 6.51. The smallest absolute Gasteiger partial charge is 0.224 e. The van der Waals surface area contributed by atoms with Crippen molar-refractivity contribution < 1.29 is 9.18 Å². The van der Waals surface area contributed by atoms with E-state index in [0.29, 0.717) is 23.7 Å². The first-order valence-corrected chi connectivity index (χ1v) is 14.1. The lowest BCUT2D eigenvalue weighted by Gasteiger charge is -2.20. The van der Waals surface area contributed by atoms with Gasteiger partial charge in [0.05, 0.1) is 17.6 Å². The van der Waals surface area contributed by atoms with E-state index in [9.17, 15) is 9.18 Å². The number of hydrogen-bond acceptors (Lipinski definition) is 4. The largest absolute Gasteiger partial charge is 0.353 e. The summed E-state index contributed by atoms with van der Waals surface area (Å²) in [6.07, 6.45) is 11.8. The molecule has 7 nitrogen and oxygen atoms in total. The SMILES string of the molecule is O=C(CC1CCCCC1)Nc1cncc(-c2cnc3[nH]nc(-c4cc5c(-c6cccc(F)c6)cccc5[nH]4)c3c2)c1. The zero-order chi connectivity index (χ0) is 27.8. The number of hydrogen-bond donors (Lipinski definition) is 3. The third-order valence-electron chi connectivity index (χ3n) is 8.03. The van der Waals surface area contributed by atoms with Crippen molar-refractivity contribution in [3.05, 3.63) is 85.1 Å². The molecule has 0 unspecified atom stereocenters. The van der Waals surface area contributed by atoms with Crippen LogP contribution in [0.3, 0.4) is 0 Å². The van der Waals surface area contributed by atoms with Gasteiger partial charge in [-0.2, -0.15) is 5.10 Å². The Morgan fingerprint density at radius 1 is 0.902 bits per heavy atom. The molecule has 204 valence electrons. The van der Waals surface area contributed by atoms with Crippen molar-refractivity contribution in [3.8, 4) is 33.6 Å². The van der Waals surface area contributed by atoms with Crippen LogP contribution < -0.4 is 5.32 Å². The van der Waals surface area contributed by atoms with Crippen molar-refractivity contribution in [3.63, 3.8) is 0 Å². The van der Waals surface area contributed by atoms with Crippen molar-refractivity contribution in [2.24, 2.45) is 5.92 Å². The number of H-pyrrole nitrogens is 2. The fourth-order valence-corrected chi connectivity index (χ4v) is 5.99. The van der Waals surface area contributed by atoms with Crippen LogP contribution in [-0.2, 0) is 4.79 Å². The van der Waals surface area contributed by atoms with E-state index in [1.54, 1.807) is 30.7 Å². The van der Waals surface area contributed by atoms with Gasteiger partial charge in [-0.3, -0.25) is 14.9 Å². The number of anilines is 1. The maximum atomic E-state index is 14.0. The molecule has 1 aliphatic carbocycles. The van der Waals surface area contributed by atoms with Gasteiger partial charge in [-0.1, -0.05) is 43.5 Å².